The molecule has 17 heavy (non-hydrogen) atoms. The molecule has 1 aromatic carbocycles. The highest BCUT2D eigenvalue weighted by molar-refractivity contribution is 5.49. The number of nitrogens with two attached hydrogens (primary N) is 1. The number of nitrogen functional groups attached to an aromatic ring is 1. The van der Waals surface area contributed by atoms with Crippen LogP contribution in [0.25, 0.3) is 0 Å². The van der Waals surface area contributed by atoms with Crippen molar-refractivity contribution in [1.82, 2.24) is 4.98 Å². The van der Waals surface area contributed by atoms with E-state index < -0.39 is 5.60 Å². The van der Waals surface area contributed by atoms with Crippen molar-refractivity contribution in [2.75, 3.05) is 5.73 Å². The number of aromatic nitrogens is 1. The van der Waals surface area contributed by atoms with Crippen LogP contribution in [-0.2, 0) is 5.60 Å². The van der Waals surface area contributed by atoms with Crippen molar-refractivity contribution >= 4 is 5.82 Å². The number of aryl methyl sites for hydroxylation is 1. The average Bonchev–Trinajstić information content (AvgIpc) is 2.29. The molecule has 3 nitrogen and oxygen atoms in total. The summed E-state index contributed by atoms with van der Waals surface area (Å²) in [5.74, 6) is 0.362. The first-order valence-electron chi connectivity index (χ1n) is 5.53. The van der Waals surface area contributed by atoms with Crippen LogP contribution in [0.4, 0.5) is 5.82 Å². The second-order valence-electron chi connectivity index (χ2n) is 4.32. The lowest BCUT2D eigenvalue weighted by molar-refractivity contribution is 0.102. The maximum Gasteiger partial charge on any atom is 0.129 e. The van der Waals surface area contributed by atoms with Crippen LogP contribution in [-0.4, -0.2) is 10.1 Å². The molecule has 0 aliphatic heterocycles. The van der Waals surface area contributed by atoms with E-state index in [4.69, 9.17) is 5.73 Å². The second-order valence-corrected chi connectivity index (χ2v) is 4.32. The number of anilines is 1. The van der Waals surface area contributed by atoms with Gasteiger partial charge in [0, 0.05) is 11.8 Å². The molecule has 1 heterocycles. The van der Waals surface area contributed by atoms with Crippen molar-refractivity contribution in [2.45, 2.75) is 19.4 Å². The lowest BCUT2D eigenvalue weighted by atomic mass is 9.86. The van der Waals surface area contributed by atoms with Crippen LogP contribution >= 0.6 is 0 Å². The summed E-state index contributed by atoms with van der Waals surface area (Å²) in [6.45, 7) is 3.71. The molecule has 88 valence electrons. The molecule has 0 spiro atoms. The maximum atomic E-state index is 10.7. The zero-order chi connectivity index (χ0) is 12.5. The second kappa shape index (κ2) is 4.18. The van der Waals surface area contributed by atoms with Gasteiger partial charge in [0.05, 0.1) is 0 Å². The quantitative estimate of drug-likeness (QED) is 0.828. The summed E-state index contributed by atoms with van der Waals surface area (Å²) >= 11 is 0. The Kier molecular flexibility index (Phi) is 2.86. The summed E-state index contributed by atoms with van der Waals surface area (Å²) in [5, 5.41) is 10.7. The van der Waals surface area contributed by atoms with Crippen LogP contribution in [0.2, 0.25) is 0 Å². The normalized spacial score (nSPS) is 14.3. The lowest BCUT2D eigenvalue weighted by Gasteiger charge is -2.26. The van der Waals surface area contributed by atoms with Gasteiger partial charge in [0.2, 0.25) is 0 Å². The summed E-state index contributed by atoms with van der Waals surface area (Å²) in [6, 6.07) is 11.3. The summed E-state index contributed by atoms with van der Waals surface area (Å²) in [6.07, 6.45) is 1.62. The molecule has 0 aliphatic carbocycles. The Bertz CT molecular complexity index is 488. The van der Waals surface area contributed by atoms with Gasteiger partial charge in [0.15, 0.2) is 0 Å². The van der Waals surface area contributed by atoms with Crippen LogP contribution in [0.1, 0.15) is 23.6 Å². The van der Waals surface area contributed by atoms with E-state index in [9.17, 15) is 5.11 Å². The molecule has 2 rings (SSSR count). The van der Waals surface area contributed by atoms with Crippen LogP contribution in [0.15, 0.2) is 42.6 Å². The highest BCUT2D eigenvalue weighted by Gasteiger charge is 2.29. The highest BCUT2D eigenvalue weighted by atomic mass is 16.3. The molecule has 1 unspecified atom stereocenters. The van der Waals surface area contributed by atoms with Gasteiger partial charge in [-0.15, -0.1) is 0 Å². The number of hydrogen-bond donors (Lipinski definition) is 2. The Labute approximate surface area is 101 Å². The van der Waals surface area contributed by atoms with Crippen molar-refractivity contribution < 1.29 is 5.11 Å². The Morgan fingerprint density at radius 1 is 1.12 bits per heavy atom. The first-order chi connectivity index (χ1) is 8.03. The van der Waals surface area contributed by atoms with Crippen LogP contribution in [0.5, 0.6) is 0 Å². The third-order valence-corrected chi connectivity index (χ3v) is 3.03. The van der Waals surface area contributed by atoms with Gasteiger partial charge < -0.3 is 10.8 Å². The molecular weight excluding hydrogens is 212 g/mol. The minimum atomic E-state index is -1.12. The zero-order valence-electron chi connectivity index (χ0n) is 10.0. The summed E-state index contributed by atoms with van der Waals surface area (Å²) in [4.78, 5) is 4.02. The van der Waals surface area contributed by atoms with Gasteiger partial charge in [0.1, 0.15) is 11.4 Å². The predicted molar refractivity (Wildman–Crippen MR) is 68.5 cm³/mol. The third-order valence-electron chi connectivity index (χ3n) is 3.03. The van der Waals surface area contributed by atoms with E-state index >= 15 is 0 Å². The molecule has 0 saturated heterocycles. The van der Waals surface area contributed by atoms with E-state index in [2.05, 4.69) is 4.98 Å². The zero-order valence-corrected chi connectivity index (χ0v) is 10.0. The standard InChI is InChI=1S/C14H16N2O/c1-10-6-3-4-7-11(10)14(2,17)12-8-5-9-16-13(12)15/h3-9,17H,1-2H3,(H2,15,16). The monoisotopic (exact) mass is 228 g/mol. The smallest absolute Gasteiger partial charge is 0.129 e. The molecule has 0 aliphatic rings. The number of aliphatic hydroxyl groups is 1. The van der Waals surface area contributed by atoms with Gasteiger partial charge in [-0.1, -0.05) is 30.3 Å². The van der Waals surface area contributed by atoms with E-state index in [0.29, 0.717) is 11.4 Å². The summed E-state index contributed by atoms with van der Waals surface area (Å²) in [5.41, 5.74) is 7.21. The maximum absolute atomic E-state index is 10.7. The minimum absolute atomic E-state index is 0.362. The molecule has 1 aromatic heterocycles. The van der Waals surface area contributed by atoms with E-state index in [1.165, 1.54) is 0 Å². The average molecular weight is 228 g/mol. The Balaban J connectivity index is 2.58. The number of hydrogen-bond acceptors (Lipinski definition) is 3. The third kappa shape index (κ3) is 2.01. The Hall–Kier alpha value is -1.87. The fraction of sp³-hybridized carbons (Fsp3) is 0.214. The van der Waals surface area contributed by atoms with Gasteiger partial charge in [-0.05, 0) is 31.0 Å². The SMILES string of the molecule is Cc1ccccc1C(C)(O)c1cccnc1N. The Morgan fingerprint density at radius 3 is 2.41 bits per heavy atom. The van der Waals surface area contributed by atoms with Gasteiger partial charge in [0.25, 0.3) is 0 Å². The number of pyridine rings is 1. The van der Waals surface area contributed by atoms with Gasteiger partial charge in [-0.3, -0.25) is 0 Å². The predicted octanol–water partition coefficient (Wildman–Crippen LogP) is 2.23. The van der Waals surface area contributed by atoms with Crippen LogP contribution in [0.3, 0.4) is 0 Å². The number of nitrogens with zero attached hydrogens (tertiary/aromatic N) is 1. The van der Waals surface area contributed by atoms with Crippen LogP contribution < -0.4 is 5.73 Å². The van der Waals surface area contributed by atoms with Gasteiger partial charge in [-0.2, -0.15) is 0 Å². The lowest BCUT2D eigenvalue weighted by Crippen LogP contribution is -2.25. The van der Waals surface area contributed by atoms with E-state index in [0.717, 1.165) is 11.1 Å². The molecule has 2 aromatic rings. The molecule has 3 N–H and O–H groups in total. The Morgan fingerprint density at radius 2 is 1.76 bits per heavy atom. The molecule has 0 amide bonds. The minimum Gasteiger partial charge on any atom is -0.383 e. The highest BCUT2D eigenvalue weighted by Crippen LogP contribution is 2.33. The molecule has 3 heteroatoms. The molecule has 0 bridgehead atoms. The first kappa shape index (κ1) is 11.6. The topological polar surface area (TPSA) is 59.1 Å². The van der Waals surface area contributed by atoms with Crippen molar-refractivity contribution in [3.8, 4) is 0 Å². The molecule has 1 atom stereocenters. The van der Waals surface area contributed by atoms with Crippen molar-refractivity contribution in [1.29, 1.82) is 0 Å². The van der Waals surface area contributed by atoms with E-state index in [1.807, 2.05) is 31.2 Å². The fourth-order valence-corrected chi connectivity index (χ4v) is 2.09. The first-order valence-corrected chi connectivity index (χ1v) is 5.53. The van der Waals surface area contributed by atoms with E-state index in [1.54, 1.807) is 25.3 Å². The molecule has 0 fully saturated rings. The largest absolute Gasteiger partial charge is 0.383 e. The summed E-state index contributed by atoms with van der Waals surface area (Å²) in [7, 11) is 0. The van der Waals surface area contributed by atoms with Crippen molar-refractivity contribution in [2.24, 2.45) is 0 Å². The van der Waals surface area contributed by atoms with E-state index in [-0.39, 0.29) is 0 Å². The van der Waals surface area contributed by atoms with Gasteiger partial charge >= 0.3 is 0 Å². The fourth-order valence-electron chi connectivity index (χ4n) is 2.09. The molecule has 0 saturated carbocycles. The molecular formula is C14H16N2O. The molecule has 0 radical (unpaired) electrons. The van der Waals surface area contributed by atoms with Crippen LogP contribution in [0, 0.1) is 6.92 Å². The number of benzene rings is 1. The number of rotatable bonds is 2. The van der Waals surface area contributed by atoms with Crippen molar-refractivity contribution in [3.05, 3.63) is 59.3 Å². The summed E-state index contributed by atoms with van der Waals surface area (Å²) < 4.78 is 0. The van der Waals surface area contributed by atoms with Gasteiger partial charge in [-0.25, -0.2) is 4.98 Å². The van der Waals surface area contributed by atoms with Crippen molar-refractivity contribution in [3.63, 3.8) is 0 Å².